The highest BCUT2D eigenvalue weighted by Gasteiger charge is 2.36. The molecule has 3 heterocycles. The first kappa shape index (κ1) is 34.9. The highest BCUT2D eigenvalue weighted by Crippen LogP contribution is 2.45. The summed E-state index contributed by atoms with van der Waals surface area (Å²) in [5.74, 6) is 0.371. The van der Waals surface area contributed by atoms with Crippen LogP contribution >= 0.6 is 0 Å². The number of pyridine rings is 1. The highest BCUT2D eigenvalue weighted by molar-refractivity contribution is 5.88. The van der Waals surface area contributed by atoms with Crippen LogP contribution < -0.4 is 9.64 Å². The van der Waals surface area contributed by atoms with Crippen LogP contribution in [-0.4, -0.2) is 53.3 Å². The Morgan fingerprint density at radius 2 is 1.70 bits per heavy atom. The van der Waals surface area contributed by atoms with Gasteiger partial charge in [0.05, 0.1) is 18.4 Å². The molecule has 0 radical (unpaired) electrons. The number of benzene rings is 2. The molecule has 2 aromatic carbocycles. The minimum Gasteiger partial charge on any atom is -0.496 e. The topological polar surface area (TPSA) is 75.1 Å². The van der Waals surface area contributed by atoms with Gasteiger partial charge in [0.25, 0.3) is 0 Å². The molecule has 1 atom stereocenters. The van der Waals surface area contributed by atoms with E-state index < -0.39 is 17.7 Å². The normalized spacial score (nSPS) is 17.5. The molecule has 2 aliphatic heterocycles. The maximum absolute atomic E-state index is 12.9. The second-order valence-corrected chi connectivity index (χ2v) is 15.7. The van der Waals surface area contributed by atoms with Crippen molar-refractivity contribution < 1.29 is 19.4 Å². The molecule has 7 heteroatoms. The summed E-state index contributed by atoms with van der Waals surface area (Å²) in [7, 11) is 1.74. The third kappa shape index (κ3) is 7.84. The largest absolute Gasteiger partial charge is 0.496 e. The Balaban J connectivity index is 1.52. The van der Waals surface area contributed by atoms with Gasteiger partial charge in [0.15, 0.2) is 6.10 Å². The first-order chi connectivity index (χ1) is 22.1. The number of aromatic nitrogens is 1. The predicted octanol–water partition coefficient (Wildman–Crippen LogP) is 8.62. The molecule has 3 aromatic rings. The van der Waals surface area contributed by atoms with Crippen LogP contribution in [0.15, 0.2) is 36.4 Å². The quantitative estimate of drug-likeness (QED) is 0.251. The monoisotopic (exact) mass is 641 g/mol. The van der Waals surface area contributed by atoms with E-state index in [9.17, 15) is 9.90 Å². The van der Waals surface area contributed by atoms with Crippen molar-refractivity contribution in [1.29, 1.82) is 0 Å². The van der Waals surface area contributed by atoms with Gasteiger partial charge in [-0.2, -0.15) is 0 Å². The molecule has 0 unspecified atom stereocenters. The molecule has 1 aromatic heterocycles. The number of hydrogen-bond donors (Lipinski definition) is 1. The maximum Gasteiger partial charge on any atom is 0.337 e. The van der Waals surface area contributed by atoms with E-state index in [4.69, 9.17) is 14.5 Å². The van der Waals surface area contributed by atoms with Gasteiger partial charge in [-0.05, 0) is 99.1 Å². The van der Waals surface area contributed by atoms with Crippen molar-refractivity contribution in [1.82, 2.24) is 9.88 Å². The zero-order chi connectivity index (χ0) is 34.3. The number of hydrogen-bond acceptors (Lipinski definition) is 6. The minimum absolute atomic E-state index is 0.252. The van der Waals surface area contributed by atoms with Crippen LogP contribution in [0.5, 0.6) is 5.75 Å². The smallest absolute Gasteiger partial charge is 0.337 e. The van der Waals surface area contributed by atoms with E-state index in [0.29, 0.717) is 11.5 Å². The first-order valence-electron chi connectivity index (χ1n) is 17.2. The van der Waals surface area contributed by atoms with Gasteiger partial charge in [0.2, 0.25) is 0 Å². The molecule has 5 rings (SSSR count). The lowest BCUT2D eigenvalue weighted by molar-refractivity contribution is -0.160. The summed E-state index contributed by atoms with van der Waals surface area (Å²) in [6.07, 6.45) is 1.92. The van der Waals surface area contributed by atoms with E-state index in [2.05, 4.69) is 80.8 Å². The fourth-order valence-electron chi connectivity index (χ4n) is 7.25. The summed E-state index contributed by atoms with van der Waals surface area (Å²) in [4.78, 5) is 22.8. The molecular formula is C40H55N3O4. The fraction of sp³-hybridized carbons (Fsp3) is 0.550. The number of rotatable bonds is 9. The molecule has 0 bridgehead atoms. The molecule has 0 saturated carbocycles. The Morgan fingerprint density at radius 3 is 2.32 bits per heavy atom. The summed E-state index contributed by atoms with van der Waals surface area (Å²) >= 11 is 0. The number of aliphatic carboxylic acids is 1. The van der Waals surface area contributed by atoms with Gasteiger partial charge in [0.1, 0.15) is 5.75 Å². The number of fused-ring (bicyclic) bond motifs is 1. The number of methoxy groups -OCH3 is 1. The number of anilines is 1. The Morgan fingerprint density at radius 1 is 1.00 bits per heavy atom. The number of aryl methyl sites for hydroxylation is 2. The van der Waals surface area contributed by atoms with Gasteiger partial charge < -0.3 is 19.5 Å². The molecule has 1 saturated heterocycles. The molecule has 0 amide bonds. The Kier molecular flexibility index (Phi) is 10.1. The summed E-state index contributed by atoms with van der Waals surface area (Å²) < 4.78 is 11.9. The molecule has 1 fully saturated rings. The number of nitrogens with zero attached hydrogens (tertiary/aromatic N) is 3. The van der Waals surface area contributed by atoms with Crippen molar-refractivity contribution in [3.05, 3.63) is 75.6 Å². The molecule has 254 valence electrons. The van der Waals surface area contributed by atoms with Crippen molar-refractivity contribution >= 4 is 11.7 Å². The van der Waals surface area contributed by atoms with E-state index in [1.54, 1.807) is 7.11 Å². The van der Waals surface area contributed by atoms with Crippen LogP contribution in [0.4, 0.5) is 5.69 Å². The van der Waals surface area contributed by atoms with Crippen LogP contribution in [0.3, 0.4) is 0 Å². The number of carboxylic acids is 1. The maximum atomic E-state index is 12.9. The predicted molar refractivity (Wildman–Crippen MR) is 190 cm³/mol. The van der Waals surface area contributed by atoms with Crippen LogP contribution in [0.2, 0.25) is 0 Å². The Bertz CT molecular complexity index is 1610. The Hall–Kier alpha value is -3.42. The van der Waals surface area contributed by atoms with E-state index in [1.807, 2.05) is 27.7 Å². The third-order valence-corrected chi connectivity index (χ3v) is 9.88. The van der Waals surface area contributed by atoms with Gasteiger partial charge in [-0.1, -0.05) is 58.0 Å². The number of carbonyl (C=O) groups is 1. The van der Waals surface area contributed by atoms with Crippen molar-refractivity contribution in [3.8, 4) is 16.9 Å². The zero-order valence-corrected chi connectivity index (χ0v) is 30.3. The van der Waals surface area contributed by atoms with Gasteiger partial charge in [-0.3, -0.25) is 9.88 Å². The minimum atomic E-state index is -1.12. The van der Waals surface area contributed by atoms with E-state index in [1.165, 1.54) is 22.3 Å². The number of carboxylic acid groups (broad SMARTS) is 1. The summed E-state index contributed by atoms with van der Waals surface area (Å²) in [5, 5.41) is 10.5. The number of ether oxygens (including phenoxy) is 2. The van der Waals surface area contributed by atoms with Crippen molar-refractivity contribution in [2.75, 3.05) is 31.6 Å². The van der Waals surface area contributed by atoms with Crippen molar-refractivity contribution in [2.45, 2.75) is 112 Å². The van der Waals surface area contributed by atoms with E-state index in [0.717, 1.165) is 85.9 Å². The standard InChI is InChI=1S/C40H55N3O4/c1-25(2)32-21-28(11-14-33(32)46-10)23-42-18-15-29-22-30(12-13-31(29)24-42)34-26(3)41-27(4)35(37(38(44)45)47-39(5,6)7)36(34)43-19-16-40(8,9)17-20-43/h11-14,21-22,25,37H,15-20,23-24H2,1-10H3,(H,44,45)/t37-/m0/s1. The molecule has 0 spiro atoms. The van der Waals surface area contributed by atoms with Crippen LogP contribution in [0.1, 0.15) is 113 Å². The zero-order valence-electron chi connectivity index (χ0n) is 30.3. The van der Waals surface area contributed by atoms with Crippen molar-refractivity contribution in [3.63, 3.8) is 0 Å². The van der Waals surface area contributed by atoms with Gasteiger partial charge in [-0.15, -0.1) is 0 Å². The van der Waals surface area contributed by atoms with Crippen molar-refractivity contribution in [2.24, 2.45) is 5.41 Å². The SMILES string of the molecule is COc1ccc(CN2CCc3cc(-c4c(C)nc(C)c([C@H](OC(C)(C)C)C(=O)O)c4N4CCC(C)(C)CC4)ccc3C2)cc1C(C)C. The average molecular weight is 642 g/mol. The highest BCUT2D eigenvalue weighted by atomic mass is 16.5. The van der Waals surface area contributed by atoms with Crippen LogP contribution in [0, 0.1) is 19.3 Å². The summed E-state index contributed by atoms with van der Waals surface area (Å²) in [5.41, 5.74) is 10.3. The van der Waals surface area contributed by atoms with Gasteiger partial charge >= 0.3 is 5.97 Å². The fourth-order valence-corrected chi connectivity index (χ4v) is 7.25. The van der Waals surface area contributed by atoms with E-state index >= 15 is 0 Å². The second kappa shape index (κ2) is 13.6. The van der Waals surface area contributed by atoms with Crippen LogP contribution in [0.25, 0.3) is 11.1 Å². The number of piperidine rings is 1. The molecule has 2 aliphatic rings. The lowest BCUT2D eigenvalue weighted by Crippen LogP contribution is -2.39. The summed E-state index contributed by atoms with van der Waals surface area (Å²) in [6, 6.07) is 13.4. The third-order valence-electron chi connectivity index (χ3n) is 9.88. The molecule has 0 aliphatic carbocycles. The summed E-state index contributed by atoms with van der Waals surface area (Å²) in [6.45, 7) is 23.3. The Labute approximate surface area is 282 Å². The van der Waals surface area contributed by atoms with Gasteiger partial charge in [0, 0.05) is 55.2 Å². The lowest BCUT2D eigenvalue weighted by Gasteiger charge is -2.41. The lowest BCUT2D eigenvalue weighted by atomic mass is 9.81. The average Bonchev–Trinajstić information content (AvgIpc) is 2.99. The first-order valence-corrected chi connectivity index (χ1v) is 17.2. The molecule has 47 heavy (non-hydrogen) atoms. The molecule has 1 N–H and O–H groups in total. The van der Waals surface area contributed by atoms with Crippen LogP contribution in [-0.2, 0) is 29.0 Å². The second-order valence-electron chi connectivity index (χ2n) is 15.7. The molecular weight excluding hydrogens is 586 g/mol. The van der Waals surface area contributed by atoms with Gasteiger partial charge in [-0.25, -0.2) is 4.79 Å². The molecule has 7 nitrogen and oxygen atoms in total. The van der Waals surface area contributed by atoms with E-state index in [-0.39, 0.29) is 5.41 Å².